The summed E-state index contributed by atoms with van der Waals surface area (Å²) in [6.07, 6.45) is 5.27. The third-order valence-electron chi connectivity index (χ3n) is 6.62. The first kappa shape index (κ1) is 25.5. The minimum atomic E-state index is -1.65. The fraction of sp³-hybridized carbons (Fsp3) is 1.00. The molecule has 0 atom stereocenters. The third-order valence-corrected chi connectivity index (χ3v) is 15.3. The zero-order chi connectivity index (χ0) is 20.2. The minimum absolute atomic E-state index is 0.497. The van der Waals surface area contributed by atoms with Gasteiger partial charge in [-0.25, -0.2) is 0 Å². The van der Waals surface area contributed by atoms with E-state index >= 15 is 0 Å². The topological polar surface area (TPSA) is 0 Å². The maximum absolute atomic E-state index is 2.54. The van der Waals surface area contributed by atoms with Crippen LogP contribution in [0.1, 0.15) is 109 Å². The predicted octanol–water partition coefficient (Wildman–Crippen LogP) is 9.56. The Balaban J connectivity index is 6.09. The maximum atomic E-state index is 2.54. The van der Waals surface area contributed by atoms with Gasteiger partial charge >= 0.3 is 165 Å². The van der Waals surface area contributed by atoms with Crippen molar-refractivity contribution in [1.29, 1.82) is 0 Å². The van der Waals surface area contributed by atoms with E-state index in [1.165, 1.54) is 46.8 Å². The monoisotopic (exact) mass is 392 g/mol. The molecule has 0 aromatic heterocycles. The standard InChI is InChI=1S/4C6H13.Cr/c4*1-5-6(2,3)4;/h4*2,5H2,1,3-4H3;. The molecule has 0 N–H and O–H groups in total. The van der Waals surface area contributed by atoms with Gasteiger partial charge in [0.1, 0.15) is 0 Å². The van der Waals surface area contributed by atoms with Crippen molar-refractivity contribution in [2.75, 3.05) is 0 Å². The van der Waals surface area contributed by atoms with E-state index in [-0.39, 0.29) is 0 Å². The SMILES string of the molecule is CCC(C)(C)[CH2][Cr]([CH2]C(C)(C)CC)([CH2]C(C)(C)CC)[CH2]C(C)(C)CC. The molecule has 0 aliphatic rings. The molecule has 0 heterocycles. The molecule has 0 nitrogen and oxygen atoms in total. The van der Waals surface area contributed by atoms with E-state index in [9.17, 15) is 0 Å². The number of hydrogen-bond donors (Lipinski definition) is 0. The molecule has 0 fully saturated rings. The van der Waals surface area contributed by atoms with Crippen molar-refractivity contribution < 1.29 is 13.1 Å². The first-order valence-electron chi connectivity index (χ1n) is 10.8. The summed E-state index contributed by atoms with van der Waals surface area (Å²) in [6.45, 7) is 29.9. The van der Waals surface area contributed by atoms with Crippen LogP contribution in [0, 0.1) is 21.7 Å². The number of rotatable bonds is 12. The second-order valence-electron chi connectivity index (χ2n) is 11.9. The summed E-state index contributed by atoms with van der Waals surface area (Å²) in [5, 5.41) is 6.10. The van der Waals surface area contributed by atoms with Gasteiger partial charge in [0.2, 0.25) is 0 Å². The van der Waals surface area contributed by atoms with Gasteiger partial charge in [-0.3, -0.25) is 0 Å². The fourth-order valence-electron chi connectivity index (χ4n) is 4.03. The molecule has 0 aliphatic heterocycles. The van der Waals surface area contributed by atoms with Crippen LogP contribution in [-0.2, 0) is 13.1 Å². The van der Waals surface area contributed by atoms with Gasteiger partial charge in [0.05, 0.1) is 0 Å². The van der Waals surface area contributed by atoms with Crippen LogP contribution in [0.2, 0.25) is 21.1 Å². The Hall–Kier alpha value is 0.532. The van der Waals surface area contributed by atoms with Crippen molar-refractivity contribution in [1.82, 2.24) is 0 Å². The Morgan fingerprint density at radius 3 is 0.680 bits per heavy atom. The normalized spacial score (nSPS) is 15.5. The zero-order valence-electron chi connectivity index (χ0n) is 20.1. The number of hydrogen-bond acceptors (Lipinski definition) is 0. The van der Waals surface area contributed by atoms with Crippen molar-refractivity contribution in [3.8, 4) is 0 Å². The van der Waals surface area contributed by atoms with E-state index in [1.807, 2.05) is 0 Å². The van der Waals surface area contributed by atoms with Gasteiger partial charge in [-0.1, -0.05) is 0 Å². The summed E-state index contributed by atoms with van der Waals surface area (Å²) in [5.74, 6) is 0. The Kier molecular flexibility index (Phi) is 9.34. The van der Waals surface area contributed by atoms with Gasteiger partial charge < -0.3 is 0 Å². The average Bonchev–Trinajstić information content (AvgIpc) is 2.45. The van der Waals surface area contributed by atoms with E-state index < -0.39 is 13.1 Å². The summed E-state index contributed by atoms with van der Waals surface area (Å²) in [5.41, 5.74) is 1.99. The van der Waals surface area contributed by atoms with Crippen LogP contribution < -0.4 is 0 Å². The summed E-state index contributed by atoms with van der Waals surface area (Å²) in [7, 11) is 0. The molecule has 154 valence electrons. The van der Waals surface area contributed by atoms with Gasteiger partial charge in [0.15, 0.2) is 0 Å². The van der Waals surface area contributed by atoms with Crippen molar-refractivity contribution >= 4 is 0 Å². The van der Waals surface area contributed by atoms with E-state index in [2.05, 4.69) is 83.1 Å². The Bertz CT molecular complexity index is 309. The molecule has 0 spiro atoms. The molecular weight excluding hydrogens is 340 g/mol. The Morgan fingerprint density at radius 2 is 0.560 bits per heavy atom. The van der Waals surface area contributed by atoms with Crippen molar-refractivity contribution in [3.05, 3.63) is 0 Å². The van der Waals surface area contributed by atoms with Gasteiger partial charge in [0.25, 0.3) is 0 Å². The Labute approximate surface area is 164 Å². The third kappa shape index (κ3) is 9.33. The average molecular weight is 393 g/mol. The molecule has 25 heavy (non-hydrogen) atoms. The van der Waals surface area contributed by atoms with Gasteiger partial charge in [-0.15, -0.1) is 0 Å². The first-order valence-corrected chi connectivity index (χ1v) is 14.4. The van der Waals surface area contributed by atoms with E-state index in [0.717, 1.165) is 0 Å². The second-order valence-corrected chi connectivity index (χ2v) is 17.5. The van der Waals surface area contributed by atoms with Crippen LogP contribution in [0.5, 0.6) is 0 Å². The molecule has 0 aromatic carbocycles. The molecule has 0 amide bonds. The van der Waals surface area contributed by atoms with E-state index in [4.69, 9.17) is 0 Å². The molecule has 1 heteroatoms. The molecular formula is C24H52Cr. The molecule has 0 rings (SSSR count). The Morgan fingerprint density at radius 1 is 0.400 bits per heavy atom. The van der Waals surface area contributed by atoms with Crippen LogP contribution in [-0.4, -0.2) is 0 Å². The van der Waals surface area contributed by atoms with Crippen LogP contribution in [0.4, 0.5) is 0 Å². The van der Waals surface area contributed by atoms with Crippen molar-refractivity contribution in [2.45, 2.75) is 130 Å². The van der Waals surface area contributed by atoms with Gasteiger partial charge in [0, 0.05) is 0 Å². The molecule has 0 radical (unpaired) electrons. The van der Waals surface area contributed by atoms with Gasteiger partial charge in [-0.05, 0) is 0 Å². The molecule has 0 aliphatic carbocycles. The predicted molar refractivity (Wildman–Crippen MR) is 116 cm³/mol. The summed E-state index contributed by atoms with van der Waals surface area (Å²) >= 11 is -1.65. The fourth-order valence-corrected chi connectivity index (χ4v) is 16.6. The quantitative estimate of drug-likeness (QED) is 0.310. The molecule has 0 saturated heterocycles. The molecule has 0 saturated carbocycles. The van der Waals surface area contributed by atoms with E-state index in [1.54, 1.807) is 0 Å². The molecule has 0 aromatic rings. The van der Waals surface area contributed by atoms with Crippen molar-refractivity contribution in [2.24, 2.45) is 21.7 Å². The first-order chi connectivity index (χ1) is 11.1. The zero-order valence-corrected chi connectivity index (χ0v) is 21.3. The van der Waals surface area contributed by atoms with E-state index in [0.29, 0.717) is 21.7 Å². The van der Waals surface area contributed by atoms with Crippen LogP contribution in [0.15, 0.2) is 0 Å². The molecule has 0 unspecified atom stereocenters. The summed E-state index contributed by atoms with van der Waals surface area (Å²) in [6, 6.07) is 0. The van der Waals surface area contributed by atoms with Crippen molar-refractivity contribution in [3.63, 3.8) is 0 Å². The second kappa shape index (κ2) is 9.15. The van der Waals surface area contributed by atoms with Crippen LogP contribution >= 0.6 is 0 Å². The van der Waals surface area contributed by atoms with Crippen LogP contribution in [0.25, 0.3) is 0 Å². The summed E-state index contributed by atoms with van der Waals surface area (Å²) < 4.78 is 0. The van der Waals surface area contributed by atoms with Gasteiger partial charge in [-0.2, -0.15) is 0 Å². The summed E-state index contributed by atoms with van der Waals surface area (Å²) in [4.78, 5) is 0. The van der Waals surface area contributed by atoms with Crippen LogP contribution in [0.3, 0.4) is 0 Å². The molecule has 0 bridgehead atoms.